The first-order valence-electron chi connectivity index (χ1n) is 8.11. The molecule has 20 heavy (non-hydrogen) atoms. The molecule has 0 aliphatic carbocycles. The zero-order valence-corrected chi connectivity index (χ0v) is 13.1. The van der Waals surface area contributed by atoms with Crippen molar-refractivity contribution in [3.63, 3.8) is 0 Å². The van der Waals surface area contributed by atoms with E-state index in [1.54, 1.807) is 0 Å². The van der Waals surface area contributed by atoms with Gasteiger partial charge < -0.3 is 5.32 Å². The summed E-state index contributed by atoms with van der Waals surface area (Å²) in [6.07, 6.45) is 4.07. The molecule has 2 aliphatic heterocycles. The smallest absolute Gasteiger partial charge is 0.0372 e. The summed E-state index contributed by atoms with van der Waals surface area (Å²) in [6.45, 7) is 9.64. The third-order valence-corrected chi connectivity index (χ3v) is 4.99. The lowest BCUT2D eigenvalue weighted by Gasteiger charge is -2.36. The van der Waals surface area contributed by atoms with Crippen LogP contribution in [0.5, 0.6) is 0 Å². The predicted molar refractivity (Wildman–Crippen MR) is 84.8 cm³/mol. The summed E-state index contributed by atoms with van der Waals surface area (Å²) in [7, 11) is 0. The molecule has 110 valence electrons. The van der Waals surface area contributed by atoms with Crippen LogP contribution in [-0.2, 0) is 0 Å². The number of hydrogen-bond donors (Lipinski definition) is 1. The first-order valence-corrected chi connectivity index (χ1v) is 8.11. The van der Waals surface area contributed by atoms with E-state index in [0.29, 0.717) is 12.1 Å². The fourth-order valence-electron chi connectivity index (χ4n) is 3.98. The molecule has 2 aliphatic rings. The SMILES string of the molecule is CC(C)(C)C(NC1CCN2CCCC12)c1ccccc1. The molecule has 0 bridgehead atoms. The Morgan fingerprint density at radius 1 is 1.10 bits per heavy atom. The van der Waals surface area contributed by atoms with E-state index in [4.69, 9.17) is 0 Å². The van der Waals surface area contributed by atoms with Gasteiger partial charge in [-0.15, -0.1) is 0 Å². The van der Waals surface area contributed by atoms with Crippen molar-refractivity contribution in [3.8, 4) is 0 Å². The fourth-order valence-corrected chi connectivity index (χ4v) is 3.98. The largest absolute Gasteiger partial charge is 0.305 e. The van der Waals surface area contributed by atoms with Crippen LogP contribution in [0.4, 0.5) is 0 Å². The molecule has 1 aromatic rings. The summed E-state index contributed by atoms with van der Waals surface area (Å²) in [5, 5.41) is 4.00. The molecule has 0 amide bonds. The third kappa shape index (κ3) is 2.77. The summed E-state index contributed by atoms with van der Waals surface area (Å²) < 4.78 is 0. The first-order chi connectivity index (χ1) is 9.55. The van der Waals surface area contributed by atoms with Gasteiger partial charge in [-0.25, -0.2) is 0 Å². The van der Waals surface area contributed by atoms with E-state index < -0.39 is 0 Å². The molecule has 3 rings (SSSR count). The second-order valence-corrected chi connectivity index (χ2v) is 7.52. The third-order valence-electron chi connectivity index (χ3n) is 4.99. The number of fused-ring (bicyclic) bond motifs is 1. The van der Waals surface area contributed by atoms with Crippen LogP contribution in [0.3, 0.4) is 0 Å². The second-order valence-electron chi connectivity index (χ2n) is 7.52. The van der Waals surface area contributed by atoms with Crippen LogP contribution < -0.4 is 5.32 Å². The molecule has 1 N–H and O–H groups in total. The van der Waals surface area contributed by atoms with Crippen LogP contribution in [-0.4, -0.2) is 30.1 Å². The van der Waals surface area contributed by atoms with Gasteiger partial charge in [0, 0.05) is 24.7 Å². The van der Waals surface area contributed by atoms with Gasteiger partial charge in [0.05, 0.1) is 0 Å². The standard InChI is InChI=1S/C18H28N2/c1-18(2,3)17(14-8-5-4-6-9-14)19-15-11-13-20-12-7-10-16(15)20/h4-6,8-9,15-17,19H,7,10-13H2,1-3H3. The predicted octanol–water partition coefficient (Wildman–Crippen LogP) is 3.60. The van der Waals surface area contributed by atoms with Gasteiger partial charge in [0.1, 0.15) is 0 Å². The van der Waals surface area contributed by atoms with Gasteiger partial charge in [-0.2, -0.15) is 0 Å². The molecule has 0 saturated carbocycles. The Kier molecular flexibility index (Phi) is 3.87. The average Bonchev–Trinajstić information content (AvgIpc) is 2.99. The minimum atomic E-state index is 0.243. The maximum atomic E-state index is 4.00. The van der Waals surface area contributed by atoms with E-state index in [1.807, 2.05) is 0 Å². The monoisotopic (exact) mass is 272 g/mol. The van der Waals surface area contributed by atoms with E-state index in [9.17, 15) is 0 Å². The number of benzene rings is 1. The average molecular weight is 272 g/mol. The quantitative estimate of drug-likeness (QED) is 0.904. The van der Waals surface area contributed by atoms with E-state index >= 15 is 0 Å². The minimum Gasteiger partial charge on any atom is -0.305 e. The molecule has 0 radical (unpaired) electrons. The van der Waals surface area contributed by atoms with Crippen LogP contribution in [0, 0.1) is 5.41 Å². The van der Waals surface area contributed by atoms with Crippen LogP contribution in [0.1, 0.15) is 51.6 Å². The number of nitrogens with one attached hydrogen (secondary N) is 1. The summed E-state index contributed by atoms with van der Waals surface area (Å²) in [5.41, 5.74) is 1.67. The molecule has 0 spiro atoms. The highest BCUT2D eigenvalue weighted by atomic mass is 15.2. The molecule has 3 unspecified atom stereocenters. The fraction of sp³-hybridized carbons (Fsp3) is 0.667. The highest BCUT2D eigenvalue weighted by Gasteiger charge is 2.39. The maximum Gasteiger partial charge on any atom is 0.0372 e. The topological polar surface area (TPSA) is 15.3 Å². The van der Waals surface area contributed by atoms with Gasteiger partial charge >= 0.3 is 0 Å². The van der Waals surface area contributed by atoms with Crippen molar-refractivity contribution in [2.45, 2.75) is 58.2 Å². The van der Waals surface area contributed by atoms with E-state index in [-0.39, 0.29) is 5.41 Å². The molecule has 2 fully saturated rings. The van der Waals surface area contributed by atoms with Crippen LogP contribution in [0.2, 0.25) is 0 Å². The molecule has 2 nitrogen and oxygen atoms in total. The molecular weight excluding hydrogens is 244 g/mol. The molecule has 1 aromatic carbocycles. The summed E-state index contributed by atoms with van der Waals surface area (Å²) >= 11 is 0. The Balaban J connectivity index is 1.77. The molecule has 0 aromatic heterocycles. The van der Waals surface area contributed by atoms with Crippen molar-refractivity contribution in [2.75, 3.05) is 13.1 Å². The van der Waals surface area contributed by atoms with Crippen molar-refractivity contribution < 1.29 is 0 Å². The lowest BCUT2D eigenvalue weighted by atomic mass is 9.81. The first kappa shape index (κ1) is 14.1. The Hall–Kier alpha value is -0.860. The Morgan fingerprint density at radius 3 is 2.55 bits per heavy atom. The molecule has 2 saturated heterocycles. The minimum absolute atomic E-state index is 0.243. The van der Waals surface area contributed by atoms with Crippen LogP contribution in [0.25, 0.3) is 0 Å². The molecule has 3 atom stereocenters. The summed E-state index contributed by atoms with van der Waals surface area (Å²) in [4.78, 5) is 2.68. The lowest BCUT2D eigenvalue weighted by Crippen LogP contribution is -2.44. The van der Waals surface area contributed by atoms with Gasteiger partial charge in [-0.3, -0.25) is 4.90 Å². The maximum absolute atomic E-state index is 4.00. The highest BCUT2D eigenvalue weighted by Crippen LogP contribution is 2.36. The number of rotatable bonds is 3. The summed E-state index contributed by atoms with van der Waals surface area (Å²) in [6, 6.07) is 12.9. The Bertz CT molecular complexity index is 434. The van der Waals surface area contributed by atoms with E-state index in [1.165, 1.54) is 37.9 Å². The Labute approximate surface area is 123 Å². The normalized spacial score (nSPS) is 28.6. The van der Waals surface area contributed by atoms with E-state index in [2.05, 4.69) is 61.3 Å². The van der Waals surface area contributed by atoms with Crippen molar-refractivity contribution in [2.24, 2.45) is 5.41 Å². The van der Waals surface area contributed by atoms with Gasteiger partial charge in [-0.1, -0.05) is 51.1 Å². The zero-order chi connectivity index (χ0) is 14.2. The molecule has 2 heterocycles. The highest BCUT2D eigenvalue weighted by molar-refractivity contribution is 5.21. The second kappa shape index (κ2) is 5.50. The lowest BCUT2D eigenvalue weighted by molar-refractivity contribution is 0.223. The van der Waals surface area contributed by atoms with Gasteiger partial charge in [0.25, 0.3) is 0 Å². The Morgan fingerprint density at radius 2 is 1.85 bits per heavy atom. The molecule has 2 heteroatoms. The van der Waals surface area contributed by atoms with Crippen molar-refractivity contribution in [1.82, 2.24) is 10.2 Å². The van der Waals surface area contributed by atoms with Crippen molar-refractivity contribution in [1.29, 1.82) is 0 Å². The number of nitrogens with zero attached hydrogens (tertiary/aromatic N) is 1. The van der Waals surface area contributed by atoms with Gasteiger partial charge in [-0.05, 0) is 36.8 Å². The van der Waals surface area contributed by atoms with Gasteiger partial charge in [0.15, 0.2) is 0 Å². The molecular formula is C18H28N2. The van der Waals surface area contributed by atoms with Crippen LogP contribution >= 0.6 is 0 Å². The zero-order valence-electron chi connectivity index (χ0n) is 13.1. The van der Waals surface area contributed by atoms with E-state index in [0.717, 1.165) is 6.04 Å². The van der Waals surface area contributed by atoms with Gasteiger partial charge in [0.2, 0.25) is 0 Å². The number of hydrogen-bond acceptors (Lipinski definition) is 2. The summed E-state index contributed by atoms with van der Waals surface area (Å²) in [5.74, 6) is 0. The van der Waals surface area contributed by atoms with Crippen molar-refractivity contribution in [3.05, 3.63) is 35.9 Å². The van der Waals surface area contributed by atoms with Crippen molar-refractivity contribution >= 4 is 0 Å². The van der Waals surface area contributed by atoms with Crippen LogP contribution in [0.15, 0.2) is 30.3 Å².